The van der Waals surface area contributed by atoms with Crippen molar-refractivity contribution in [2.75, 3.05) is 5.32 Å². The van der Waals surface area contributed by atoms with Crippen LogP contribution in [0.1, 0.15) is 32.1 Å². The summed E-state index contributed by atoms with van der Waals surface area (Å²) in [5.74, 6) is 0.136. The van der Waals surface area contributed by atoms with E-state index in [1.165, 1.54) is 12.5 Å². The van der Waals surface area contributed by atoms with Gasteiger partial charge in [0.15, 0.2) is 10.8 Å². The van der Waals surface area contributed by atoms with Crippen LogP contribution in [0.3, 0.4) is 0 Å². The molecule has 3 N–H and O–H groups in total. The summed E-state index contributed by atoms with van der Waals surface area (Å²) in [6, 6.07) is 9.20. The molecule has 0 unspecified atom stereocenters. The van der Waals surface area contributed by atoms with Gasteiger partial charge < -0.3 is 10.3 Å². The summed E-state index contributed by atoms with van der Waals surface area (Å²) in [6.45, 7) is 0. The van der Waals surface area contributed by atoms with Gasteiger partial charge in [0.2, 0.25) is 5.91 Å². The molecular formula is C29H24FN7OS. The third kappa shape index (κ3) is 4.46. The van der Waals surface area contributed by atoms with Gasteiger partial charge in [-0.15, -0.1) is 11.3 Å². The number of anilines is 1. The number of hydrogen-bond acceptors (Lipinski definition) is 6. The average Bonchev–Trinajstić information content (AvgIpc) is 3.71. The van der Waals surface area contributed by atoms with Crippen LogP contribution in [-0.2, 0) is 4.79 Å². The molecule has 1 amide bonds. The van der Waals surface area contributed by atoms with Crippen LogP contribution in [-0.4, -0.2) is 36.0 Å². The van der Waals surface area contributed by atoms with Crippen molar-refractivity contribution in [2.45, 2.75) is 32.1 Å². The zero-order chi connectivity index (χ0) is 26.3. The number of carbonyl (C=O) groups is 1. The maximum absolute atomic E-state index is 13.7. The van der Waals surface area contributed by atoms with Crippen LogP contribution >= 0.6 is 11.3 Å². The molecule has 1 saturated carbocycles. The van der Waals surface area contributed by atoms with Gasteiger partial charge in [0.1, 0.15) is 0 Å². The lowest BCUT2D eigenvalue weighted by Gasteiger charge is -2.20. The third-order valence-corrected chi connectivity index (χ3v) is 8.29. The van der Waals surface area contributed by atoms with Gasteiger partial charge >= 0.3 is 0 Å². The minimum absolute atomic E-state index is 0.0669. The highest BCUT2D eigenvalue weighted by molar-refractivity contribution is 7.14. The highest BCUT2D eigenvalue weighted by Gasteiger charge is 2.21. The largest absolute Gasteiger partial charge is 0.352 e. The number of amides is 1. The van der Waals surface area contributed by atoms with E-state index in [0.717, 1.165) is 86.3 Å². The van der Waals surface area contributed by atoms with E-state index in [1.54, 1.807) is 37.1 Å². The molecule has 39 heavy (non-hydrogen) atoms. The molecule has 6 heterocycles. The van der Waals surface area contributed by atoms with E-state index < -0.39 is 0 Å². The monoisotopic (exact) mass is 537 g/mol. The third-order valence-electron chi connectivity index (χ3n) is 7.38. The number of rotatable bonds is 5. The molecule has 0 spiro atoms. The standard InChI is InChI=1S/C29H24FN7OS/c30-26-7-6-25(39-26)22-14-32-15-24-20(22)10-23(35-24)27-21-9-18(12-33-28(21)37-36-27)17-8-19(13-31-11-17)34-29(38)16-4-2-1-3-5-16/h6-16,35H,1-5H2,(H,34,38)(H,33,36,37). The number of H-pyrrole nitrogens is 2. The Kier molecular flexibility index (Phi) is 5.89. The number of hydrogen-bond donors (Lipinski definition) is 3. The Morgan fingerprint density at radius 1 is 0.949 bits per heavy atom. The second kappa shape index (κ2) is 9.70. The molecule has 0 aromatic carbocycles. The summed E-state index contributed by atoms with van der Waals surface area (Å²) in [7, 11) is 0. The Hall–Kier alpha value is -4.44. The van der Waals surface area contributed by atoms with Crippen LogP contribution in [0.2, 0.25) is 0 Å². The molecule has 0 bridgehead atoms. The van der Waals surface area contributed by atoms with Crippen molar-refractivity contribution in [3.8, 4) is 33.0 Å². The van der Waals surface area contributed by atoms with E-state index >= 15 is 0 Å². The van der Waals surface area contributed by atoms with E-state index in [0.29, 0.717) is 11.3 Å². The number of nitrogens with zero attached hydrogens (tertiary/aromatic N) is 4. The Morgan fingerprint density at radius 3 is 2.64 bits per heavy atom. The SMILES string of the molecule is O=C(Nc1cncc(-c2cnc3n[nH]c(-c4cc5c(-c6ccc(F)s6)cncc5[nH]4)c3c2)c1)C1CCCCC1. The Balaban J connectivity index is 1.22. The summed E-state index contributed by atoms with van der Waals surface area (Å²) in [6.07, 6.45) is 14.0. The van der Waals surface area contributed by atoms with Gasteiger partial charge in [-0.25, -0.2) is 4.98 Å². The molecule has 6 aromatic heterocycles. The fourth-order valence-electron chi connectivity index (χ4n) is 5.38. The van der Waals surface area contributed by atoms with Gasteiger partial charge in [0, 0.05) is 56.8 Å². The van der Waals surface area contributed by atoms with E-state index in [4.69, 9.17) is 0 Å². The van der Waals surface area contributed by atoms with Crippen molar-refractivity contribution >= 4 is 44.9 Å². The fourth-order valence-corrected chi connectivity index (χ4v) is 6.13. The molecule has 10 heteroatoms. The second-order valence-corrected chi connectivity index (χ2v) is 10.9. The van der Waals surface area contributed by atoms with E-state index in [1.807, 2.05) is 18.2 Å². The molecular weight excluding hydrogens is 513 g/mol. The van der Waals surface area contributed by atoms with Crippen LogP contribution in [0.15, 0.2) is 61.3 Å². The normalized spacial score (nSPS) is 14.3. The van der Waals surface area contributed by atoms with Gasteiger partial charge in [-0.2, -0.15) is 9.49 Å². The number of aromatic amines is 2. The van der Waals surface area contributed by atoms with E-state index in [9.17, 15) is 9.18 Å². The molecule has 0 atom stereocenters. The summed E-state index contributed by atoms with van der Waals surface area (Å²) < 4.78 is 13.7. The fraction of sp³-hybridized carbons (Fsp3) is 0.207. The number of aromatic nitrogens is 6. The molecule has 1 fully saturated rings. The van der Waals surface area contributed by atoms with Crippen LogP contribution in [0.25, 0.3) is 54.9 Å². The lowest BCUT2D eigenvalue weighted by atomic mass is 9.88. The van der Waals surface area contributed by atoms with Crippen molar-refractivity contribution in [2.24, 2.45) is 5.92 Å². The smallest absolute Gasteiger partial charge is 0.227 e. The predicted molar refractivity (Wildman–Crippen MR) is 151 cm³/mol. The molecule has 0 saturated heterocycles. The minimum Gasteiger partial charge on any atom is -0.352 e. The molecule has 7 rings (SSSR count). The first kappa shape index (κ1) is 23.7. The van der Waals surface area contributed by atoms with Crippen molar-refractivity contribution in [1.82, 2.24) is 30.1 Å². The highest BCUT2D eigenvalue weighted by Crippen LogP contribution is 2.36. The number of carbonyl (C=O) groups excluding carboxylic acids is 1. The molecule has 0 radical (unpaired) electrons. The average molecular weight is 538 g/mol. The Morgan fingerprint density at radius 2 is 1.79 bits per heavy atom. The first-order valence-corrected chi connectivity index (χ1v) is 13.8. The van der Waals surface area contributed by atoms with Crippen LogP contribution in [0, 0.1) is 11.0 Å². The molecule has 0 aliphatic heterocycles. The first-order valence-electron chi connectivity index (χ1n) is 13.0. The molecule has 1 aliphatic carbocycles. The summed E-state index contributed by atoms with van der Waals surface area (Å²) >= 11 is 1.09. The van der Waals surface area contributed by atoms with Crippen molar-refractivity contribution < 1.29 is 9.18 Å². The minimum atomic E-state index is -0.233. The number of pyridine rings is 3. The van der Waals surface area contributed by atoms with Gasteiger partial charge in [-0.1, -0.05) is 19.3 Å². The highest BCUT2D eigenvalue weighted by atomic mass is 32.1. The zero-order valence-electron chi connectivity index (χ0n) is 20.9. The molecule has 1 aliphatic rings. The van der Waals surface area contributed by atoms with Crippen LogP contribution < -0.4 is 5.32 Å². The number of fused-ring (bicyclic) bond motifs is 2. The lowest BCUT2D eigenvalue weighted by molar-refractivity contribution is -0.120. The van der Waals surface area contributed by atoms with Gasteiger partial charge in [0.05, 0.1) is 35.0 Å². The quantitative estimate of drug-likeness (QED) is 0.220. The molecule has 8 nitrogen and oxygen atoms in total. The van der Waals surface area contributed by atoms with Gasteiger partial charge in [-0.05, 0) is 43.2 Å². The lowest BCUT2D eigenvalue weighted by Crippen LogP contribution is -2.24. The van der Waals surface area contributed by atoms with Crippen molar-refractivity contribution in [3.63, 3.8) is 0 Å². The van der Waals surface area contributed by atoms with Gasteiger partial charge in [-0.3, -0.25) is 19.9 Å². The second-order valence-electron chi connectivity index (χ2n) is 9.92. The van der Waals surface area contributed by atoms with Crippen LogP contribution in [0.5, 0.6) is 0 Å². The van der Waals surface area contributed by atoms with E-state index in [-0.39, 0.29) is 17.0 Å². The summed E-state index contributed by atoms with van der Waals surface area (Å²) in [5, 5.41) is 12.1. The predicted octanol–water partition coefficient (Wildman–Crippen LogP) is 6.95. The van der Waals surface area contributed by atoms with Crippen molar-refractivity contribution in [3.05, 3.63) is 66.4 Å². The Labute approximate surface area is 226 Å². The summed E-state index contributed by atoms with van der Waals surface area (Å²) in [5.41, 5.74) is 6.29. The van der Waals surface area contributed by atoms with Gasteiger partial charge in [0.25, 0.3) is 0 Å². The molecule has 194 valence electrons. The first-order chi connectivity index (χ1) is 19.1. The van der Waals surface area contributed by atoms with Crippen molar-refractivity contribution in [1.29, 1.82) is 0 Å². The summed E-state index contributed by atoms with van der Waals surface area (Å²) in [4.78, 5) is 30.3. The number of halogens is 1. The maximum Gasteiger partial charge on any atom is 0.227 e. The molecule has 6 aromatic rings. The topological polar surface area (TPSA) is 112 Å². The zero-order valence-corrected chi connectivity index (χ0v) is 21.7. The maximum atomic E-state index is 13.7. The number of nitrogens with one attached hydrogen (secondary N) is 3. The van der Waals surface area contributed by atoms with E-state index in [2.05, 4.69) is 35.5 Å². The van der Waals surface area contributed by atoms with Crippen LogP contribution in [0.4, 0.5) is 10.1 Å². The Bertz CT molecular complexity index is 1830. The number of thiophene rings is 1.